The second-order valence-corrected chi connectivity index (χ2v) is 8.16. The van der Waals surface area contributed by atoms with Gasteiger partial charge in [-0.3, -0.25) is 4.72 Å². The predicted molar refractivity (Wildman–Crippen MR) is 80.4 cm³/mol. The SMILES string of the molecule is NS(=O)(=O)c1ccccc1NS(=O)(=O)N1CCCCCC1. The summed E-state index contributed by atoms with van der Waals surface area (Å²) in [7, 11) is -7.77. The molecule has 0 atom stereocenters. The summed E-state index contributed by atoms with van der Waals surface area (Å²) in [6, 6.07) is 5.70. The number of anilines is 1. The maximum absolute atomic E-state index is 12.4. The molecule has 1 aromatic rings. The van der Waals surface area contributed by atoms with Crippen molar-refractivity contribution in [2.24, 2.45) is 5.14 Å². The molecule has 0 aromatic heterocycles. The number of nitrogens with two attached hydrogens (primary N) is 1. The molecular weight excluding hydrogens is 314 g/mol. The number of primary sulfonamides is 1. The van der Waals surface area contributed by atoms with Crippen molar-refractivity contribution in [3.05, 3.63) is 24.3 Å². The number of nitrogens with one attached hydrogen (secondary N) is 1. The second kappa shape index (κ2) is 6.30. The topological polar surface area (TPSA) is 110 Å². The fraction of sp³-hybridized carbons (Fsp3) is 0.500. The summed E-state index contributed by atoms with van der Waals surface area (Å²) in [6.45, 7) is 0.875. The zero-order chi connectivity index (χ0) is 15.5. The van der Waals surface area contributed by atoms with Crippen LogP contribution >= 0.6 is 0 Å². The highest BCUT2D eigenvalue weighted by atomic mass is 32.2. The Morgan fingerprint density at radius 1 is 0.952 bits per heavy atom. The fourth-order valence-corrected chi connectivity index (χ4v) is 4.37. The Morgan fingerprint density at radius 3 is 2.10 bits per heavy atom. The van der Waals surface area contributed by atoms with Crippen molar-refractivity contribution in [2.75, 3.05) is 17.8 Å². The lowest BCUT2D eigenvalue weighted by Gasteiger charge is -2.21. The van der Waals surface area contributed by atoms with Crippen LogP contribution in [0.25, 0.3) is 0 Å². The van der Waals surface area contributed by atoms with Crippen LogP contribution in [0.3, 0.4) is 0 Å². The molecule has 1 aliphatic rings. The van der Waals surface area contributed by atoms with E-state index in [-0.39, 0.29) is 10.6 Å². The molecule has 0 radical (unpaired) electrons. The summed E-state index contributed by atoms with van der Waals surface area (Å²) in [5.74, 6) is 0. The van der Waals surface area contributed by atoms with Gasteiger partial charge in [0, 0.05) is 13.1 Å². The Kier molecular flexibility index (Phi) is 4.87. The summed E-state index contributed by atoms with van der Waals surface area (Å²) >= 11 is 0. The smallest absolute Gasteiger partial charge is 0.270 e. The highest BCUT2D eigenvalue weighted by Gasteiger charge is 2.25. The van der Waals surface area contributed by atoms with Crippen molar-refractivity contribution in [2.45, 2.75) is 30.6 Å². The predicted octanol–water partition coefficient (Wildman–Crippen LogP) is 0.867. The number of para-hydroxylation sites is 1. The first-order valence-corrected chi connectivity index (χ1v) is 9.69. The molecule has 118 valence electrons. The van der Waals surface area contributed by atoms with Crippen molar-refractivity contribution >= 4 is 25.9 Å². The van der Waals surface area contributed by atoms with Gasteiger partial charge >= 0.3 is 10.2 Å². The lowest BCUT2D eigenvalue weighted by Crippen LogP contribution is -2.37. The van der Waals surface area contributed by atoms with E-state index in [1.165, 1.54) is 22.5 Å². The number of nitrogens with zero attached hydrogens (tertiary/aromatic N) is 1. The lowest BCUT2D eigenvalue weighted by molar-refractivity contribution is 0.427. The maximum Gasteiger partial charge on any atom is 0.301 e. The van der Waals surface area contributed by atoms with Gasteiger partial charge in [-0.1, -0.05) is 25.0 Å². The Labute approximate surface area is 125 Å². The van der Waals surface area contributed by atoms with E-state index in [1.54, 1.807) is 6.07 Å². The van der Waals surface area contributed by atoms with Gasteiger partial charge in [0.2, 0.25) is 10.0 Å². The molecule has 0 unspecified atom stereocenters. The molecule has 0 aliphatic carbocycles. The molecule has 0 bridgehead atoms. The van der Waals surface area contributed by atoms with E-state index < -0.39 is 20.2 Å². The summed E-state index contributed by atoms with van der Waals surface area (Å²) in [6.07, 6.45) is 3.61. The van der Waals surface area contributed by atoms with Gasteiger partial charge < -0.3 is 0 Å². The lowest BCUT2D eigenvalue weighted by atomic mass is 10.2. The van der Waals surface area contributed by atoms with Crippen molar-refractivity contribution in [3.8, 4) is 0 Å². The van der Waals surface area contributed by atoms with Crippen molar-refractivity contribution in [1.82, 2.24) is 4.31 Å². The largest absolute Gasteiger partial charge is 0.301 e. The van der Waals surface area contributed by atoms with Gasteiger partial charge in [0.15, 0.2) is 0 Å². The molecule has 1 saturated heterocycles. The van der Waals surface area contributed by atoms with Crippen LogP contribution in [0.2, 0.25) is 0 Å². The van der Waals surface area contributed by atoms with Crippen LogP contribution in [0.1, 0.15) is 25.7 Å². The first kappa shape index (κ1) is 16.2. The van der Waals surface area contributed by atoms with E-state index in [2.05, 4.69) is 4.72 Å². The molecule has 1 heterocycles. The van der Waals surface area contributed by atoms with E-state index in [9.17, 15) is 16.8 Å². The molecule has 1 aromatic carbocycles. The van der Waals surface area contributed by atoms with Gasteiger partial charge in [-0.25, -0.2) is 13.6 Å². The third-order valence-corrected chi connectivity index (χ3v) is 5.83. The van der Waals surface area contributed by atoms with Crippen LogP contribution in [0, 0.1) is 0 Å². The van der Waals surface area contributed by atoms with Gasteiger partial charge in [0.05, 0.1) is 5.69 Å². The van der Waals surface area contributed by atoms with Crippen LogP contribution in [-0.4, -0.2) is 34.2 Å². The Hall–Kier alpha value is -1.16. The third-order valence-electron chi connectivity index (χ3n) is 3.34. The van der Waals surface area contributed by atoms with Crippen LogP contribution in [0.15, 0.2) is 29.2 Å². The average molecular weight is 333 g/mol. The molecule has 21 heavy (non-hydrogen) atoms. The van der Waals surface area contributed by atoms with Crippen LogP contribution < -0.4 is 9.86 Å². The minimum absolute atomic E-state index is 0.0238. The minimum Gasteiger partial charge on any atom is -0.270 e. The van der Waals surface area contributed by atoms with Crippen molar-refractivity contribution in [3.63, 3.8) is 0 Å². The highest BCUT2D eigenvalue weighted by Crippen LogP contribution is 2.22. The van der Waals surface area contributed by atoms with E-state index >= 15 is 0 Å². The standard InChI is InChI=1S/C12H19N3O4S2/c13-20(16,17)12-8-4-3-7-11(12)14-21(18,19)15-9-5-1-2-6-10-15/h3-4,7-8,14H,1-2,5-6,9-10H2,(H2,13,16,17). The summed E-state index contributed by atoms with van der Waals surface area (Å²) in [4.78, 5) is -0.233. The monoisotopic (exact) mass is 333 g/mol. The Bertz CT molecular complexity index is 693. The highest BCUT2D eigenvalue weighted by molar-refractivity contribution is 7.91. The Morgan fingerprint density at radius 2 is 1.52 bits per heavy atom. The number of rotatable bonds is 4. The van der Waals surface area contributed by atoms with E-state index in [0.717, 1.165) is 25.7 Å². The zero-order valence-electron chi connectivity index (χ0n) is 11.5. The maximum atomic E-state index is 12.4. The van der Waals surface area contributed by atoms with Gasteiger partial charge in [-0.15, -0.1) is 0 Å². The molecule has 0 spiro atoms. The van der Waals surface area contributed by atoms with Crippen LogP contribution in [0.5, 0.6) is 0 Å². The molecule has 3 N–H and O–H groups in total. The molecule has 2 rings (SSSR count). The van der Waals surface area contributed by atoms with Crippen molar-refractivity contribution in [1.29, 1.82) is 0 Å². The number of hydrogen-bond acceptors (Lipinski definition) is 4. The number of hydrogen-bond donors (Lipinski definition) is 2. The molecule has 1 fully saturated rings. The molecular formula is C12H19N3O4S2. The average Bonchev–Trinajstić information content (AvgIpc) is 2.67. The van der Waals surface area contributed by atoms with Crippen LogP contribution in [-0.2, 0) is 20.2 Å². The molecule has 1 aliphatic heterocycles. The van der Waals surface area contributed by atoms with E-state index in [4.69, 9.17) is 5.14 Å². The zero-order valence-corrected chi connectivity index (χ0v) is 13.2. The van der Waals surface area contributed by atoms with E-state index in [1.807, 2.05) is 0 Å². The summed E-state index contributed by atoms with van der Waals surface area (Å²) in [5.41, 5.74) is -0.0238. The summed E-state index contributed by atoms with van der Waals surface area (Å²) in [5, 5.41) is 5.10. The summed E-state index contributed by atoms with van der Waals surface area (Å²) < 4.78 is 51.4. The number of benzene rings is 1. The van der Waals surface area contributed by atoms with E-state index in [0.29, 0.717) is 13.1 Å². The van der Waals surface area contributed by atoms with Gasteiger partial charge in [0.25, 0.3) is 0 Å². The van der Waals surface area contributed by atoms with Gasteiger partial charge in [-0.2, -0.15) is 12.7 Å². The minimum atomic E-state index is -3.99. The molecule has 0 amide bonds. The quantitative estimate of drug-likeness (QED) is 0.851. The normalized spacial score (nSPS) is 18.1. The molecule has 9 heteroatoms. The molecule has 7 nitrogen and oxygen atoms in total. The number of sulfonamides is 1. The fourth-order valence-electron chi connectivity index (χ4n) is 2.28. The first-order valence-electron chi connectivity index (χ1n) is 6.70. The Balaban J connectivity index is 2.29. The third kappa shape index (κ3) is 4.16. The van der Waals surface area contributed by atoms with Crippen LogP contribution in [0.4, 0.5) is 5.69 Å². The molecule has 0 saturated carbocycles. The first-order chi connectivity index (χ1) is 9.81. The van der Waals surface area contributed by atoms with Crippen molar-refractivity contribution < 1.29 is 16.8 Å². The van der Waals surface area contributed by atoms with Gasteiger partial charge in [0.1, 0.15) is 4.90 Å². The second-order valence-electron chi connectivity index (χ2n) is 4.96. The van der Waals surface area contributed by atoms with Gasteiger partial charge in [-0.05, 0) is 25.0 Å².